The number of para-hydroxylation sites is 1. The molecule has 15 heteroatoms. The summed E-state index contributed by atoms with van der Waals surface area (Å²) in [7, 11) is 1.45. The van der Waals surface area contributed by atoms with Crippen LogP contribution >= 0.6 is 0 Å². The van der Waals surface area contributed by atoms with Crippen LogP contribution in [0.2, 0.25) is 0 Å². The zero-order chi connectivity index (χ0) is 36.0. The molecule has 0 aliphatic rings. The first-order valence-electron chi connectivity index (χ1n) is 15.7. The van der Waals surface area contributed by atoms with Crippen LogP contribution in [0.15, 0.2) is 48.5 Å². The average Bonchev–Trinajstić information content (AvgIpc) is 3.06. The molecule has 0 spiro atoms. The number of urea groups is 1. The first kappa shape index (κ1) is 39.6. The summed E-state index contributed by atoms with van der Waals surface area (Å²) in [4.78, 5) is 71.4. The number of carbonyl (C=O) groups excluding carboxylic acids is 5. The molecule has 4 amide bonds. The first-order valence-corrected chi connectivity index (χ1v) is 15.7. The van der Waals surface area contributed by atoms with Gasteiger partial charge in [0.05, 0.1) is 49.5 Å². The number of benzene rings is 2. The van der Waals surface area contributed by atoms with Gasteiger partial charge in [-0.2, -0.15) is 5.90 Å². The van der Waals surface area contributed by atoms with Gasteiger partial charge in [0.2, 0.25) is 11.8 Å². The zero-order valence-electron chi connectivity index (χ0n) is 28.7. The second-order valence-corrected chi connectivity index (χ2v) is 12.3. The van der Waals surface area contributed by atoms with Gasteiger partial charge in [-0.1, -0.05) is 32.0 Å². The molecule has 0 saturated carbocycles. The highest BCUT2D eigenvalue weighted by atomic mass is 16.7. The molecular weight excluding hydrogens is 620 g/mol. The van der Waals surface area contributed by atoms with Crippen molar-refractivity contribution >= 4 is 46.7 Å². The predicted molar refractivity (Wildman–Crippen MR) is 183 cm³/mol. The number of carbonyl (C=O) groups is 5. The number of methoxy groups -OCH3 is 1. The Hall–Kier alpha value is -4.57. The molecular formula is C33H50N8O7. The van der Waals surface area contributed by atoms with E-state index in [2.05, 4.69) is 10.2 Å². The third-order valence-electron chi connectivity index (χ3n) is 7.67. The molecule has 15 nitrogen and oxygen atoms in total. The van der Waals surface area contributed by atoms with Crippen molar-refractivity contribution in [3.8, 4) is 0 Å². The van der Waals surface area contributed by atoms with Crippen molar-refractivity contribution in [1.82, 2.24) is 9.80 Å². The van der Waals surface area contributed by atoms with Crippen molar-refractivity contribution in [2.45, 2.75) is 59.4 Å². The summed E-state index contributed by atoms with van der Waals surface area (Å²) >= 11 is 0. The lowest BCUT2D eigenvalue weighted by atomic mass is 9.97. The quantitative estimate of drug-likeness (QED) is 0.103. The maximum absolute atomic E-state index is 13.6. The molecule has 7 N–H and O–H groups in total. The number of hydrogen-bond donors (Lipinski definition) is 4. The smallest absolute Gasteiger partial charge is 0.357 e. The number of ketones is 1. The highest BCUT2D eigenvalue weighted by molar-refractivity contribution is 6.02. The molecule has 0 saturated heterocycles. The molecule has 2 rings (SSSR count). The fourth-order valence-corrected chi connectivity index (χ4v) is 4.56. The summed E-state index contributed by atoms with van der Waals surface area (Å²) in [6.45, 7) is 9.02. The van der Waals surface area contributed by atoms with Crippen LogP contribution in [-0.4, -0.2) is 84.8 Å². The number of hydrogen-bond acceptors (Lipinski definition) is 11. The Labute approximate surface area is 282 Å². The van der Waals surface area contributed by atoms with Crippen molar-refractivity contribution < 1.29 is 33.5 Å². The van der Waals surface area contributed by atoms with E-state index in [9.17, 15) is 24.0 Å². The van der Waals surface area contributed by atoms with Crippen molar-refractivity contribution in [2.75, 3.05) is 55.2 Å². The highest BCUT2D eigenvalue weighted by Crippen LogP contribution is 2.23. The van der Waals surface area contributed by atoms with Gasteiger partial charge in [0, 0.05) is 25.9 Å². The lowest BCUT2D eigenvalue weighted by Crippen LogP contribution is -2.51. The van der Waals surface area contributed by atoms with E-state index in [1.165, 1.54) is 16.9 Å². The van der Waals surface area contributed by atoms with E-state index in [0.29, 0.717) is 30.0 Å². The number of hydrazine groups is 2. The number of ether oxygens (including phenoxy) is 1. The van der Waals surface area contributed by atoms with Crippen LogP contribution in [0.25, 0.3) is 0 Å². The molecule has 0 aromatic heterocycles. The molecule has 48 heavy (non-hydrogen) atoms. The second-order valence-electron chi connectivity index (χ2n) is 12.3. The average molecular weight is 671 g/mol. The van der Waals surface area contributed by atoms with Gasteiger partial charge in [0.25, 0.3) is 0 Å². The maximum atomic E-state index is 13.6. The van der Waals surface area contributed by atoms with E-state index in [0.717, 1.165) is 15.6 Å². The summed E-state index contributed by atoms with van der Waals surface area (Å²) in [5.74, 6) is 15.5. The minimum absolute atomic E-state index is 0.00930. The van der Waals surface area contributed by atoms with E-state index in [1.54, 1.807) is 50.2 Å². The largest absolute Gasteiger partial charge is 0.384 e. The fraction of sp³-hybridized carbons (Fsp3) is 0.485. The van der Waals surface area contributed by atoms with Gasteiger partial charge in [0.1, 0.15) is 0 Å². The van der Waals surface area contributed by atoms with Gasteiger partial charge >= 0.3 is 12.0 Å². The Morgan fingerprint density at radius 3 is 2.06 bits per heavy atom. The Balaban J connectivity index is 2.15. The lowest BCUT2D eigenvalue weighted by Gasteiger charge is -2.32. The molecule has 0 atom stereocenters. The van der Waals surface area contributed by atoms with E-state index >= 15 is 0 Å². The third kappa shape index (κ3) is 11.9. The molecule has 2 aromatic rings. The van der Waals surface area contributed by atoms with Gasteiger partial charge in [-0.25, -0.2) is 26.5 Å². The Morgan fingerprint density at radius 1 is 0.854 bits per heavy atom. The van der Waals surface area contributed by atoms with Crippen LogP contribution in [0.1, 0.15) is 52.5 Å². The maximum Gasteiger partial charge on any atom is 0.357 e. The Morgan fingerprint density at radius 2 is 1.48 bits per heavy atom. The number of Topliss-reactive ketones (excluding diaryl/α,β-unsaturated/α-hetero) is 1. The van der Waals surface area contributed by atoms with Crippen LogP contribution in [0.4, 0.5) is 21.9 Å². The number of aryl methyl sites for hydroxylation is 1. The topological polar surface area (TPSA) is 207 Å². The van der Waals surface area contributed by atoms with Crippen LogP contribution in [0, 0.1) is 12.8 Å². The molecule has 0 bridgehead atoms. The molecule has 0 aliphatic carbocycles. The van der Waals surface area contributed by atoms with Gasteiger partial charge in [0.15, 0.2) is 5.78 Å². The summed E-state index contributed by atoms with van der Waals surface area (Å²) in [5.41, 5.74) is 1.14. The molecule has 0 aliphatic heterocycles. The molecule has 2 aromatic carbocycles. The Bertz CT molecular complexity index is 1400. The molecule has 264 valence electrons. The molecule has 0 heterocycles. The molecule has 0 fully saturated rings. The number of nitrogens with one attached hydrogen (secondary N) is 1. The standard InChI is InChI=1S/C33H50N8O7/c1-23(2)15-18-38(30(44)22-39(19-16-31(45)48-36)29(43)17-20-47-6)21-28(42)33(4,5)37-25-11-13-26(14-12-25)40(34)32(46)41(35)27-10-8-7-9-24(27)3/h7-14,23,37H,15-22,34-36H2,1-6H3. The van der Waals surface area contributed by atoms with E-state index in [1.807, 2.05) is 32.9 Å². The summed E-state index contributed by atoms with van der Waals surface area (Å²) in [5, 5.41) is 5.09. The zero-order valence-corrected chi connectivity index (χ0v) is 28.7. The van der Waals surface area contributed by atoms with E-state index < -0.39 is 23.4 Å². The summed E-state index contributed by atoms with van der Waals surface area (Å²) in [6, 6.07) is 13.1. The first-order chi connectivity index (χ1) is 22.6. The van der Waals surface area contributed by atoms with Crippen molar-refractivity contribution in [2.24, 2.45) is 23.5 Å². The van der Waals surface area contributed by atoms with Gasteiger partial charge < -0.3 is 24.7 Å². The normalized spacial score (nSPS) is 11.1. The van der Waals surface area contributed by atoms with Gasteiger partial charge in [-0.05, 0) is 69.0 Å². The number of nitrogens with two attached hydrogens (primary N) is 3. The molecule has 0 unspecified atom stereocenters. The van der Waals surface area contributed by atoms with Crippen LogP contribution in [-0.2, 0) is 28.8 Å². The number of anilines is 3. The minimum atomic E-state index is -1.12. The van der Waals surface area contributed by atoms with E-state index in [-0.39, 0.29) is 56.7 Å². The number of rotatable bonds is 18. The summed E-state index contributed by atoms with van der Waals surface area (Å²) in [6.07, 6.45) is 0.440. The molecule has 0 radical (unpaired) electrons. The third-order valence-corrected chi connectivity index (χ3v) is 7.67. The fourth-order valence-electron chi connectivity index (χ4n) is 4.56. The SMILES string of the molecule is COCCC(=O)N(CCC(=O)ON)CC(=O)N(CCC(C)C)CC(=O)C(C)(C)Nc1ccc(N(N)C(=O)N(N)c2ccccc2C)cc1. The van der Waals surface area contributed by atoms with Gasteiger partial charge in [-0.3, -0.25) is 19.2 Å². The predicted octanol–water partition coefficient (Wildman–Crippen LogP) is 2.48. The monoisotopic (exact) mass is 670 g/mol. The van der Waals surface area contributed by atoms with Crippen molar-refractivity contribution in [3.63, 3.8) is 0 Å². The van der Waals surface area contributed by atoms with Gasteiger partial charge in [-0.15, -0.1) is 0 Å². The van der Waals surface area contributed by atoms with E-state index in [4.69, 9.17) is 22.3 Å². The number of nitrogens with zero attached hydrogens (tertiary/aromatic N) is 4. The summed E-state index contributed by atoms with van der Waals surface area (Å²) < 4.78 is 4.99. The Kier molecular flexibility index (Phi) is 15.4. The van der Waals surface area contributed by atoms with Crippen LogP contribution in [0.3, 0.4) is 0 Å². The minimum Gasteiger partial charge on any atom is -0.384 e. The second kappa shape index (κ2) is 18.7. The highest BCUT2D eigenvalue weighted by Gasteiger charge is 2.31. The van der Waals surface area contributed by atoms with Crippen LogP contribution in [0.5, 0.6) is 0 Å². The van der Waals surface area contributed by atoms with Crippen molar-refractivity contribution in [3.05, 3.63) is 54.1 Å². The lowest BCUT2D eigenvalue weighted by molar-refractivity contribution is -0.147. The van der Waals surface area contributed by atoms with Crippen molar-refractivity contribution in [1.29, 1.82) is 0 Å². The number of amides is 4. The van der Waals surface area contributed by atoms with Crippen LogP contribution < -0.4 is 32.9 Å².